The summed E-state index contributed by atoms with van der Waals surface area (Å²) in [7, 11) is -3.86. The number of hydrogen-bond acceptors (Lipinski definition) is 3. The number of carbonyl (C=O) groups excluding carboxylic acids is 1. The van der Waals surface area contributed by atoms with E-state index in [9.17, 15) is 13.2 Å². The van der Waals surface area contributed by atoms with Crippen molar-refractivity contribution in [2.24, 2.45) is 5.92 Å². The van der Waals surface area contributed by atoms with Gasteiger partial charge in [0.1, 0.15) is 10.00 Å². The minimum atomic E-state index is -3.86. The van der Waals surface area contributed by atoms with E-state index in [1.165, 1.54) is 13.8 Å². The van der Waals surface area contributed by atoms with E-state index < -0.39 is 25.9 Å². The van der Waals surface area contributed by atoms with Crippen molar-refractivity contribution in [3.05, 3.63) is 69.7 Å². The van der Waals surface area contributed by atoms with E-state index in [1.54, 1.807) is 41.3 Å². The van der Waals surface area contributed by atoms with Crippen LogP contribution < -0.4 is 0 Å². The first-order valence-electron chi connectivity index (χ1n) is 9.68. The van der Waals surface area contributed by atoms with Gasteiger partial charge in [0.15, 0.2) is 9.84 Å². The highest BCUT2D eigenvalue weighted by Gasteiger charge is 2.58. The molecule has 2 atom stereocenters. The Hall–Kier alpha value is -1.56. The molecule has 0 N–H and O–H groups in total. The number of hydrogen-bond donors (Lipinski definition) is 0. The minimum Gasteiger partial charge on any atom is -0.332 e. The van der Waals surface area contributed by atoms with Gasteiger partial charge in [0.05, 0.1) is 6.04 Å². The smallest absolute Gasteiger partial charge is 0.244 e. The van der Waals surface area contributed by atoms with Crippen molar-refractivity contribution in [3.8, 4) is 0 Å². The average Bonchev–Trinajstić information content (AvgIpc) is 3.47. The molecule has 1 aliphatic carbocycles. The van der Waals surface area contributed by atoms with Gasteiger partial charge >= 0.3 is 0 Å². The SMILES string of the molecule is CC1(C)C(=O)N(CC2CC2)[C@H](c2ccc(Cl)cc2)[C@H](c2cccc(Cl)c2)S1(=O)=O. The van der Waals surface area contributed by atoms with Crippen molar-refractivity contribution in [1.29, 1.82) is 0 Å². The van der Waals surface area contributed by atoms with Crippen LogP contribution in [0.2, 0.25) is 10.0 Å². The summed E-state index contributed by atoms with van der Waals surface area (Å²) in [5.41, 5.74) is 1.35. The van der Waals surface area contributed by atoms with Crippen LogP contribution in [-0.4, -0.2) is 30.5 Å². The van der Waals surface area contributed by atoms with E-state index in [4.69, 9.17) is 23.2 Å². The first-order chi connectivity index (χ1) is 13.6. The lowest BCUT2D eigenvalue weighted by atomic mass is 9.94. The molecule has 4 rings (SSSR count). The van der Waals surface area contributed by atoms with E-state index in [-0.39, 0.29) is 5.91 Å². The molecule has 1 amide bonds. The molecule has 2 aromatic carbocycles. The number of rotatable bonds is 4. The first-order valence-corrected chi connectivity index (χ1v) is 12.0. The molecule has 0 bridgehead atoms. The number of benzene rings is 2. The third-order valence-electron chi connectivity index (χ3n) is 5.98. The topological polar surface area (TPSA) is 54.5 Å². The summed E-state index contributed by atoms with van der Waals surface area (Å²) in [6.07, 6.45) is 2.12. The Kier molecular flexibility index (Phi) is 5.21. The number of amides is 1. The van der Waals surface area contributed by atoms with Crippen molar-refractivity contribution >= 4 is 38.9 Å². The molecule has 0 aromatic heterocycles. The van der Waals surface area contributed by atoms with Crippen LogP contribution >= 0.6 is 23.2 Å². The molecule has 2 aliphatic rings. The Balaban J connectivity index is 1.94. The zero-order valence-electron chi connectivity index (χ0n) is 16.3. The Morgan fingerprint density at radius 1 is 1.00 bits per heavy atom. The van der Waals surface area contributed by atoms with Crippen LogP contribution in [0.5, 0.6) is 0 Å². The normalized spacial score (nSPS) is 25.8. The molecule has 4 nitrogen and oxygen atoms in total. The van der Waals surface area contributed by atoms with Gasteiger partial charge in [-0.25, -0.2) is 8.42 Å². The maximum absolute atomic E-state index is 13.7. The molecule has 1 saturated heterocycles. The lowest BCUT2D eigenvalue weighted by molar-refractivity contribution is -0.137. The van der Waals surface area contributed by atoms with Crippen molar-refractivity contribution < 1.29 is 13.2 Å². The molecular weight excluding hydrogens is 429 g/mol. The van der Waals surface area contributed by atoms with E-state index in [0.717, 1.165) is 18.4 Å². The van der Waals surface area contributed by atoms with Gasteiger partial charge < -0.3 is 4.90 Å². The predicted octanol–water partition coefficient (Wildman–Crippen LogP) is 5.22. The van der Waals surface area contributed by atoms with Crippen LogP contribution in [-0.2, 0) is 14.6 Å². The Bertz CT molecular complexity index is 1050. The maximum atomic E-state index is 13.7. The monoisotopic (exact) mass is 451 g/mol. The largest absolute Gasteiger partial charge is 0.332 e. The van der Waals surface area contributed by atoms with Crippen LogP contribution in [0.15, 0.2) is 48.5 Å². The maximum Gasteiger partial charge on any atom is 0.244 e. The third kappa shape index (κ3) is 3.58. The quantitative estimate of drug-likeness (QED) is 0.639. The second kappa shape index (κ2) is 7.29. The Morgan fingerprint density at radius 2 is 1.66 bits per heavy atom. The van der Waals surface area contributed by atoms with Gasteiger partial charge in [-0.2, -0.15) is 0 Å². The molecule has 0 spiro atoms. The summed E-state index contributed by atoms with van der Waals surface area (Å²) in [6.45, 7) is 3.59. The summed E-state index contributed by atoms with van der Waals surface area (Å²) in [6, 6.07) is 13.4. The highest BCUT2D eigenvalue weighted by atomic mass is 35.5. The van der Waals surface area contributed by atoms with E-state index in [2.05, 4.69) is 0 Å². The fourth-order valence-corrected chi connectivity index (χ4v) is 6.55. The van der Waals surface area contributed by atoms with E-state index in [0.29, 0.717) is 28.1 Å². The van der Waals surface area contributed by atoms with Crippen molar-refractivity contribution in [1.82, 2.24) is 4.90 Å². The molecule has 0 unspecified atom stereocenters. The number of sulfone groups is 1. The number of nitrogens with zero attached hydrogens (tertiary/aromatic N) is 1. The number of halogens is 2. The molecule has 7 heteroatoms. The van der Waals surface area contributed by atoms with Gasteiger partial charge in [-0.15, -0.1) is 0 Å². The van der Waals surface area contributed by atoms with Gasteiger partial charge in [-0.1, -0.05) is 47.5 Å². The lowest BCUT2D eigenvalue weighted by Crippen LogP contribution is -2.59. The van der Waals surface area contributed by atoms with E-state index in [1.807, 2.05) is 12.1 Å². The molecule has 1 heterocycles. The summed E-state index contributed by atoms with van der Waals surface area (Å²) < 4.78 is 26.0. The Labute approximate surface area is 181 Å². The highest BCUT2D eigenvalue weighted by Crippen LogP contribution is 2.51. The van der Waals surface area contributed by atoms with Crippen LogP contribution in [0.4, 0.5) is 0 Å². The van der Waals surface area contributed by atoms with Gasteiger partial charge in [-0.3, -0.25) is 4.79 Å². The lowest BCUT2D eigenvalue weighted by Gasteiger charge is -2.47. The second-order valence-corrected chi connectivity index (χ2v) is 11.9. The molecule has 1 saturated carbocycles. The van der Waals surface area contributed by atoms with Gasteiger partial charge in [-0.05, 0) is 68.0 Å². The van der Waals surface area contributed by atoms with Crippen LogP contribution in [0.1, 0.15) is 49.1 Å². The number of carbonyl (C=O) groups is 1. The van der Waals surface area contributed by atoms with Crippen molar-refractivity contribution in [2.45, 2.75) is 42.7 Å². The van der Waals surface area contributed by atoms with Crippen molar-refractivity contribution in [3.63, 3.8) is 0 Å². The molecule has 2 fully saturated rings. The van der Waals surface area contributed by atoms with Crippen LogP contribution in [0.25, 0.3) is 0 Å². The Morgan fingerprint density at radius 3 is 2.24 bits per heavy atom. The summed E-state index contributed by atoms with van der Waals surface area (Å²) in [5, 5.41) is 0.122. The van der Waals surface area contributed by atoms with Gasteiger partial charge in [0.2, 0.25) is 5.91 Å². The first kappa shape index (κ1) is 20.7. The summed E-state index contributed by atoms with van der Waals surface area (Å²) in [4.78, 5) is 15.2. The third-order valence-corrected chi connectivity index (χ3v) is 9.27. The fourth-order valence-electron chi connectivity index (χ4n) is 4.08. The van der Waals surface area contributed by atoms with Crippen molar-refractivity contribution in [2.75, 3.05) is 6.54 Å². The zero-order chi connectivity index (χ0) is 21.0. The molecule has 0 radical (unpaired) electrons. The highest BCUT2D eigenvalue weighted by molar-refractivity contribution is 7.94. The minimum absolute atomic E-state index is 0.345. The molecule has 29 heavy (non-hydrogen) atoms. The summed E-state index contributed by atoms with van der Waals surface area (Å²) >= 11 is 12.3. The zero-order valence-corrected chi connectivity index (χ0v) is 18.6. The van der Waals surface area contributed by atoms with E-state index >= 15 is 0 Å². The average molecular weight is 452 g/mol. The summed E-state index contributed by atoms with van der Waals surface area (Å²) in [5.74, 6) is 0.0768. The molecule has 1 aliphatic heterocycles. The molecule has 2 aromatic rings. The van der Waals surface area contributed by atoms with Gasteiger partial charge in [0, 0.05) is 16.6 Å². The van der Waals surface area contributed by atoms with Crippen LogP contribution in [0.3, 0.4) is 0 Å². The van der Waals surface area contributed by atoms with Crippen LogP contribution in [0, 0.1) is 5.92 Å². The molecule has 154 valence electrons. The second-order valence-electron chi connectivity index (χ2n) is 8.43. The fraction of sp³-hybridized carbons (Fsp3) is 0.409. The molecular formula is C22H23Cl2NO3S. The standard InChI is InChI=1S/C22H23Cl2NO3S/c1-22(2)21(26)25(13-14-6-7-14)19(15-8-10-17(23)11-9-15)20(29(22,27)28)16-4-3-5-18(24)12-16/h3-5,8-12,14,19-20H,6-7,13H2,1-2H3/t19-,20+/m1/s1. The predicted molar refractivity (Wildman–Crippen MR) is 116 cm³/mol. The van der Waals surface area contributed by atoms with Gasteiger partial charge in [0.25, 0.3) is 0 Å².